The summed E-state index contributed by atoms with van der Waals surface area (Å²) in [5.41, 5.74) is 0.881. The molecule has 0 atom stereocenters. The van der Waals surface area contributed by atoms with Crippen molar-refractivity contribution >= 4 is 23.2 Å². The molecule has 0 radical (unpaired) electrons. The molecule has 0 saturated heterocycles. The first-order valence-electron chi connectivity index (χ1n) is 4.33. The van der Waals surface area contributed by atoms with Crippen LogP contribution in [0.1, 0.15) is 12.5 Å². The summed E-state index contributed by atoms with van der Waals surface area (Å²) in [4.78, 5) is 8.07. The Kier molecular flexibility index (Phi) is 2.25. The average molecular weight is 212 g/mol. The van der Waals surface area contributed by atoms with Crippen LogP contribution in [0.25, 0.3) is 5.78 Å². The Bertz CT molecular complexity index is 464. The van der Waals surface area contributed by atoms with Crippen molar-refractivity contribution in [3.8, 4) is 0 Å². The van der Waals surface area contributed by atoms with Crippen molar-refractivity contribution in [2.45, 2.75) is 13.8 Å². The summed E-state index contributed by atoms with van der Waals surface area (Å²) in [6.07, 6.45) is 1.46. The lowest BCUT2D eigenvalue weighted by Gasteiger charge is -2.09. The fourth-order valence-electron chi connectivity index (χ4n) is 1.27. The van der Waals surface area contributed by atoms with E-state index in [1.54, 1.807) is 4.52 Å². The highest BCUT2D eigenvalue weighted by Crippen LogP contribution is 2.21. The molecule has 2 rings (SSSR count). The van der Waals surface area contributed by atoms with Gasteiger partial charge in [-0.15, -0.1) is 0 Å². The number of hydrogen-bond acceptors (Lipinski definition) is 4. The zero-order valence-corrected chi connectivity index (χ0v) is 8.71. The highest BCUT2D eigenvalue weighted by atomic mass is 35.5. The molecule has 0 aliphatic rings. The van der Waals surface area contributed by atoms with E-state index >= 15 is 0 Å². The zero-order chi connectivity index (χ0) is 10.1. The van der Waals surface area contributed by atoms with E-state index in [0.29, 0.717) is 10.9 Å². The number of nitrogens with one attached hydrogen (secondary N) is 1. The molecule has 0 aliphatic carbocycles. The number of hydrogen-bond donors (Lipinski definition) is 1. The van der Waals surface area contributed by atoms with Gasteiger partial charge >= 0.3 is 0 Å². The molecule has 2 aromatic rings. The summed E-state index contributed by atoms with van der Waals surface area (Å²) >= 11 is 5.95. The minimum Gasteiger partial charge on any atom is -0.370 e. The normalized spacial score (nSPS) is 10.8. The molecule has 0 fully saturated rings. The molecular weight excluding hydrogens is 202 g/mol. The van der Waals surface area contributed by atoms with Crippen molar-refractivity contribution in [1.82, 2.24) is 19.6 Å². The van der Waals surface area contributed by atoms with Crippen LogP contribution >= 0.6 is 11.6 Å². The second-order valence-electron chi connectivity index (χ2n) is 2.88. The fourth-order valence-corrected chi connectivity index (χ4v) is 1.44. The number of anilines is 1. The molecule has 0 unspecified atom stereocenters. The van der Waals surface area contributed by atoms with E-state index in [-0.39, 0.29) is 0 Å². The highest BCUT2D eigenvalue weighted by Gasteiger charge is 2.10. The second kappa shape index (κ2) is 3.42. The smallest absolute Gasteiger partial charge is 0.255 e. The van der Waals surface area contributed by atoms with Gasteiger partial charge in [-0.3, -0.25) is 0 Å². The molecule has 0 aromatic carbocycles. The Hall–Kier alpha value is -1.36. The van der Waals surface area contributed by atoms with Crippen LogP contribution in [0.2, 0.25) is 5.15 Å². The Morgan fingerprint density at radius 3 is 3.07 bits per heavy atom. The maximum absolute atomic E-state index is 5.95. The van der Waals surface area contributed by atoms with E-state index in [2.05, 4.69) is 20.4 Å². The van der Waals surface area contributed by atoms with Gasteiger partial charge in [0.1, 0.15) is 17.3 Å². The topological polar surface area (TPSA) is 55.1 Å². The summed E-state index contributed by atoms with van der Waals surface area (Å²) in [5.74, 6) is 1.36. The van der Waals surface area contributed by atoms with Gasteiger partial charge in [-0.25, -0.2) is 0 Å². The molecule has 5 nitrogen and oxygen atoms in total. The van der Waals surface area contributed by atoms with Gasteiger partial charge in [-0.1, -0.05) is 11.6 Å². The Morgan fingerprint density at radius 1 is 1.57 bits per heavy atom. The van der Waals surface area contributed by atoms with Crippen LogP contribution in [0.15, 0.2) is 6.33 Å². The summed E-state index contributed by atoms with van der Waals surface area (Å²) in [6, 6.07) is 0. The van der Waals surface area contributed by atoms with Crippen molar-refractivity contribution in [2.24, 2.45) is 0 Å². The fraction of sp³-hybridized carbons (Fsp3) is 0.375. The summed E-state index contributed by atoms with van der Waals surface area (Å²) in [6.45, 7) is 4.71. The van der Waals surface area contributed by atoms with Crippen molar-refractivity contribution in [1.29, 1.82) is 0 Å². The van der Waals surface area contributed by atoms with Crippen LogP contribution in [0.5, 0.6) is 0 Å². The molecule has 0 bridgehead atoms. The first kappa shape index (κ1) is 9.21. The predicted molar refractivity (Wildman–Crippen MR) is 54.7 cm³/mol. The Balaban J connectivity index is 2.73. The number of halogens is 1. The highest BCUT2D eigenvalue weighted by molar-refractivity contribution is 6.30. The Morgan fingerprint density at radius 2 is 2.36 bits per heavy atom. The third-order valence-corrected chi connectivity index (χ3v) is 2.32. The van der Waals surface area contributed by atoms with E-state index in [1.165, 1.54) is 6.33 Å². The van der Waals surface area contributed by atoms with Gasteiger partial charge in [0.05, 0.1) is 0 Å². The van der Waals surface area contributed by atoms with Gasteiger partial charge in [-0.05, 0) is 13.8 Å². The molecule has 0 amide bonds. The average Bonchev–Trinajstić information content (AvgIpc) is 2.60. The molecular formula is C8H10ClN5. The third kappa shape index (κ3) is 1.29. The van der Waals surface area contributed by atoms with Gasteiger partial charge in [-0.2, -0.15) is 19.6 Å². The predicted octanol–water partition coefficient (Wildman–Crippen LogP) is 1.52. The Labute approximate surface area is 86.1 Å². The van der Waals surface area contributed by atoms with Crippen molar-refractivity contribution in [3.63, 3.8) is 0 Å². The number of aromatic nitrogens is 4. The van der Waals surface area contributed by atoms with Crippen molar-refractivity contribution < 1.29 is 0 Å². The van der Waals surface area contributed by atoms with E-state index < -0.39 is 0 Å². The molecule has 2 aromatic heterocycles. The van der Waals surface area contributed by atoms with Crippen LogP contribution in [-0.4, -0.2) is 26.1 Å². The first-order chi connectivity index (χ1) is 6.74. The SMILES string of the molecule is CCNc1c(C)c(Cl)nc2ncnn12. The van der Waals surface area contributed by atoms with Gasteiger partial charge in [0.15, 0.2) is 0 Å². The quantitative estimate of drug-likeness (QED) is 0.766. The second-order valence-corrected chi connectivity index (χ2v) is 3.24. The van der Waals surface area contributed by atoms with Crippen molar-refractivity contribution in [3.05, 3.63) is 17.0 Å². The van der Waals surface area contributed by atoms with Crippen LogP contribution in [0.3, 0.4) is 0 Å². The molecule has 0 saturated carbocycles. The number of rotatable bonds is 2. The van der Waals surface area contributed by atoms with Gasteiger partial charge < -0.3 is 5.32 Å². The van der Waals surface area contributed by atoms with E-state index in [1.807, 2.05) is 13.8 Å². The summed E-state index contributed by atoms with van der Waals surface area (Å²) < 4.78 is 1.64. The maximum Gasteiger partial charge on any atom is 0.255 e. The lowest BCUT2D eigenvalue weighted by atomic mass is 10.3. The molecule has 6 heteroatoms. The monoisotopic (exact) mass is 211 g/mol. The number of nitrogens with zero attached hydrogens (tertiary/aromatic N) is 4. The van der Waals surface area contributed by atoms with Gasteiger partial charge in [0.25, 0.3) is 5.78 Å². The van der Waals surface area contributed by atoms with E-state index in [9.17, 15) is 0 Å². The zero-order valence-electron chi connectivity index (χ0n) is 7.95. The minimum atomic E-state index is 0.460. The molecule has 0 spiro atoms. The lowest BCUT2D eigenvalue weighted by Crippen LogP contribution is -2.08. The van der Waals surface area contributed by atoms with E-state index in [4.69, 9.17) is 11.6 Å². The molecule has 0 aliphatic heterocycles. The summed E-state index contributed by atoms with van der Waals surface area (Å²) in [7, 11) is 0. The largest absolute Gasteiger partial charge is 0.370 e. The van der Waals surface area contributed by atoms with Crippen LogP contribution in [-0.2, 0) is 0 Å². The minimum absolute atomic E-state index is 0.460. The molecule has 14 heavy (non-hydrogen) atoms. The standard InChI is InChI=1S/C8H10ClN5/c1-3-10-7-5(2)6(9)13-8-11-4-12-14(7)8/h4,10H,3H2,1-2H3. The third-order valence-electron chi connectivity index (χ3n) is 1.95. The summed E-state index contributed by atoms with van der Waals surface area (Å²) in [5, 5.41) is 7.70. The first-order valence-corrected chi connectivity index (χ1v) is 4.71. The molecule has 1 N–H and O–H groups in total. The van der Waals surface area contributed by atoms with Gasteiger partial charge in [0, 0.05) is 12.1 Å². The van der Waals surface area contributed by atoms with Crippen molar-refractivity contribution in [2.75, 3.05) is 11.9 Å². The lowest BCUT2D eigenvalue weighted by molar-refractivity contribution is 0.920. The van der Waals surface area contributed by atoms with Crippen LogP contribution in [0.4, 0.5) is 5.82 Å². The molecule has 74 valence electrons. The van der Waals surface area contributed by atoms with Crippen LogP contribution < -0.4 is 5.32 Å². The van der Waals surface area contributed by atoms with Crippen LogP contribution in [0, 0.1) is 6.92 Å². The van der Waals surface area contributed by atoms with E-state index in [0.717, 1.165) is 17.9 Å². The molecule has 2 heterocycles. The number of fused-ring (bicyclic) bond motifs is 1. The van der Waals surface area contributed by atoms with Gasteiger partial charge in [0.2, 0.25) is 0 Å². The maximum atomic E-state index is 5.95.